The second kappa shape index (κ2) is 12.7. The van der Waals surface area contributed by atoms with E-state index < -0.39 is 29.1 Å². The first kappa shape index (κ1) is 31.7. The number of carbonyl (C=O) groups is 2. The highest BCUT2D eigenvalue weighted by Gasteiger charge is 2.31. The molecule has 4 aromatic rings. The summed E-state index contributed by atoms with van der Waals surface area (Å²) in [4.78, 5) is 46.2. The van der Waals surface area contributed by atoms with Gasteiger partial charge in [-0.1, -0.05) is 49.4 Å². The van der Waals surface area contributed by atoms with Crippen molar-refractivity contribution in [3.05, 3.63) is 93.7 Å². The molecule has 2 aromatic heterocycles. The average Bonchev–Trinajstić information content (AvgIpc) is 3.48. The SMILES string of the molecule is C=CC(=O)N(C)c1ccccc1-c1c(CC)n(CC(=O)Nc2ccc(C(F)(F)F)cc2Cl)c2nc(C3=CCOCC3)nn2c1=O. The summed E-state index contributed by atoms with van der Waals surface area (Å²) in [6.07, 6.45) is -0.851. The van der Waals surface area contributed by atoms with Gasteiger partial charge in [0.05, 0.1) is 40.7 Å². The molecule has 3 heterocycles. The maximum atomic E-state index is 14.2. The molecule has 45 heavy (non-hydrogen) atoms. The van der Waals surface area contributed by atoms with E-state index in [1.807, 2.05) is 6.08 Å². The molecule has 0 saturated carbocycles. The minimum Gasteiger partial charge on any atom is -0.377 e. The largest absolute Gasteiger partial charge is 0.416 e. The van der Waals surface area contributed by atoms with Crippen molar-refractivity contribution in [2.75, 3.05) is 30.5 Å². The number of anilines is 2. The highest BCUT2D eigenvalue weighted by atomic mass is 35.5. The van der Waals surface area contributed by atoms with Crippen LogP contribution in [0.25, 0.3) is 22.5 Å². The molecule has 2 amide bonds. The van der Waals surface area contributed by atoms with E-state index in [0.717, 1.165) is 34.4 Å². The molecular formula is C31H28ClF3N6O4. The number of alkyl halides is 3. The van der Waals surface area contributed by atoms with Crippen LogP contribution >= 0.6 is 11.6 Å². The van der Waals surface area contributed by atoms with Gasteiger partial charge in [0.2, 0.25) is 17.6 Å². The number of halogens is 4. The van der Waals surface area contributed by atoms with Crippen LogP contribution in [0.5, 0.6) is 0 Å². The first-order valence-electron chi connectivity index (χ1n) is 13.9. The third-order valence-electron chi connectivity index (χ3n) is 7.35. The molecule has 1 aliphatic rings. The summed E-state index contributed by atoms with van der Waals surface area (Å²) >= 11 is 6.09. The number of fused-ring (bicyclic) bond motifs is 1. The molecule has 234 valence electrons. The minimum absolute atomic E-state index is 0.0190. The third kappa shape index (κ3) is 6.26. The Morgan fingerprint density at radius 3 is 2.62 bits per heavy atom. The number of hydrogen-bond donors (Lipinski definition) is 1. The molecular weight excluding hydrogens is 613 g/mol. The van der Waals surface area contributed by atoms with Crippen LogP contribution < -0.4 is 15.8 Å². The van der Waals surface area contributed by atoms with Gasteiger partial charge >= 0.3 is 6.18 Å². The maximum absolute atomic E-state index is 14.2. The number of rotatable bonds is 8. The Morgan fingerprint density at radius 1 is 1.22 bits per heavy atom. The van der Waals surface area contributed by atoms with Crippen molar-refractivity contribution in [2.45, 2.75) is 32.5 Å². The van der Waals surface area contributed by atoms with E-state index in [9.17, 15) is 27.6 Å². The summed E-state index contributed by atoms with van der Waals surface area (Å²) in [6.45, 7) is 5.77. The van der Waals surface area contributed by atoms with Gasteiger partial charge in [0.15, 0.2) is 5.82 Å². The summed E-state index contributed by atoms with van der Waals surface area (Å²) in [7, 11) is 1.55. The molecule has 0 unspecified atom stereocenters. The Kier molecular flexibility index (Phi) is 8.94. The first-order chi connectivity index (χ1) is 21.4. The molecule has 1 aliphatic heterocycles. The van der Waals surface area contributed by atoms with Crippen molar-refractivity contribution in [1.82, 2.24) is 19.2 Å². The van der Waals surface area contributed by atoms with Gasteiger partial charge < -0.3 is 19.5 Å². The molecule has 0 radical (unpaired) electrons. The molecule has 0 aliphatic carbocycles. The minimum atomic E-state index is -4.61. The summed E-state index contributed by atoms with van der Waals surface area (Å²) < 4.78 is 47.5. The highest BCUT2D eigenvalue weighted by Crippen LogP contribution is 2.35. The molecule has 0 saturated heterocycles. The number of para-hydroxylation sites is 1. The van der Waals surface area contributed by atoms with Crippen molar-refractivity contribution in [3.63, 3.8) is 0 Å². The van der Waals surface area contributed by atoms with E-state index in [1.54, 1.807) is 38.2 Å². The molecule has 2 aromatic carbocycles. The first-order valence-corrected chi connectivity index (χ1v) is 14.3. The smallest absolute Gasteiger partial charge is 0.377 e. The third-order valence-corrected chi connectivity index (χ3v) is 7.66. The zero-order chi connectivity index (χ0) is 32.5. The van der Waals surface area contributed by atoms with E-state index in [4.69, 9.17) is 16.3 Å². The Hall–Kier alpha value is -4.75. The number of likely N-dealkylation sites (N-methyl/N-ethyl adjacent to an activating group) is 1. The predicted octanol–water partition coefficient (Wildman–Crippen LogP) is 5.38. The summed E-state index contributed by atoms with van der Waals surface area (Å²) in [5.74, 6) is -0.652. The number of ether oxygens (including phenoxy) is 1. The van der Waals surface area contributed by atoms with Crippen molar-refractivity contribution in [2.24, 2.45) is 0 Å². The normalized spacial score (nSPS) is 13.4. The molecule has 5 rings (SSSR count). The van der Waals surface area contributed by atoms with E-state index in [2.05, 4.69) is 22.0 Å². The lowest BCUT2D eigenvalue weighted by molar-refractivity contribution is -0.137. The van der Waals surface area contributed by atoms with Crippen LogP contribution in [0, 0.1) is 0 Å². The van der Waals surface area contributed by atoms with Crippen LogP contribution in [-0.4, -0.2) is 51.2 Å². The fourth-order valence-corrected chi connectivity index (χ4v) is 5.36. The number of hydrogen-bond acceptors (Lipinski definition) is 6. The average molecular weight is 641 g/mol. The number of nitrogens with one attached hydrogen (secondary N) is 1. The van der Waals surface area contributed by atoms with Crippen LogP contribution in [-0.2, 0) is 33.5 Å². The lowest BCUT2D eigenvalue weighted by Crippen LogP contribution is -2.30. The number of benzene rings is 2. The summed E-state index contributed by atoms with van der Waals surface area (Å²) in [5.41, 5.74) is 0.748. The van der Waals surface area contributed by atoms with E-state index >= 15 is 0 Å². The topological polar surface area (TPSA) is 111 Å². The van der Waals surface area contributed by atoms with Crippen molar-refractivity contribution < 1.29 is 27.5 Å². The Balaban J connectivity index is 1.68. The maximum Gasteiger partial charge on any atom is 0.416 e. The van der Waals surface area contributed by atoms with Crippen LogP contribution in [0.4, 0.5) is 24.5 Å². The van der Waals surface area contributed by atoms with Gasteiger partial charge in [0.1, 0.15) is 6.54 Å². The molecule has 0 atom stereocenters. The summed E-state index contributed by atoms with van der Waals surface area (Å²) in [5, 5.41) is 6.79. The van der Waals surface area contributed by atoms with Crippen LogP contribution in [0.3, 0.4) is 0 Å². The quantitative estimate of drug-likeness (QED) is 0.259. The van der Waals surface area contributed by atoms with Gasteiger partial charge in [-0.3, -0.25) is 14.4 Å². The molecule has 0 spiro atoms. The van der Waals surface area contributed by atoms with Gasteiger partial charge in [0.25, 0.3) is 5.56 Å². The zero-order valence-corrected chi connectivity index (χ0v) is 25.1. The Bertz CT molecular complexity index is 1910. The van der Waals surface area contributed by atoms with Crippen molar-refractivity contribution in [3.8, 4) is 11.1 Å². The van der Waals surface area contributed by atoms with Crippen molar-refractivity contribution in [1.29, 1.82) is 0 Å². The van der Waals surface area contributed by atoms with Crippen molar-refractivity contribution >= 4 is 46.1 Å². The summed E-state index contributed by atoms with van der Waals surface area (Å²) in [6, 6.07) is 9.44. The standard InChI is InChI=1S/C31H28ClF3N6O4/c1-4-23-27(20-8-6-7-9-24(20)39(3)26(43)5-2)29(44)41-30(37-28(38-41)18-12-14-45-15-13-18)40(23)17-25(42)36-22-11-10-19(16-21(22)32)31(33,34)35/h5-12,16H,2,4,13-15,17H2,1,3H3,(H,36,42). The van der Waals surface area contributed by atoms with Crippen LogP contribution in [0.15, 0.2) is 66.0 Å². The number of nitrogens with zero attached hydrogens (tertiary/aromatic N) is 5. The highest BCUT2D eigenvalue weighted by molar-refractivity contribution is 6.33. The lowest BCUT2D eigenvalue weighted by atomic mass is 10.0. The molecule has 10 nitrogen and oxygen atoms in total. The second-order valence-electron chi connectivity index (χ2n) is 10.1. The Morgan fingerprint density at radius 2 is 1.98 bits per heavy atom. The van der Waals surface area contributed by atoms with Gasteiger partial charge in [-0.05, 0) is 48.8 Å². The fourth-order valence-electron chi connectivity index (χ4n) is 5.13. The van der Waals surface area contributed by atoms with Crippen LogP contribution in [0.2, 0.25) is 5.02 Å². The van der Waals surface area contributed by atoms with E-state index in [-0.39, 0.29) is 35.0 Å². The van der Waals surface area contributed by atoms with E-state index in [0.29, 0.717) is 42.4 Å². The monoisotopic (exact) mass is 640 g/mol. The second-order valence-corrected chi connectivity index (χ2v) is 10.5. The number of aromatic nitrogens is 4. The number of carbonyl (C=O) groups excluding carboxylic acids is 2. The Labute approximate surface area is 260 Å². The van der Waals surface area contributed by atoms with Crippen LogP contribution in [0.1, 0.15) is 30.4 Å². The fraction of sp³-hybridized carbons (Fsp3) is 0.258. The van der Waals surface area contributed by atoms with Gasteiger partial charge in [0, 0.05) is 18.3 Å². The number of amides is 2. The molecule has 1 N–H and O–H groups in total. The van der Waals surface area contributed by atoms with Gasteiger partial charge in [-0.2, -0.15) is 22.7 Å². The lowest BCUT2D eigenvalue weighted by Gasteiger charge is -2.22. The zero-order valence-electron chi connectivity index (χ0n) is 24.3. The predicted molar refractivity (Wildman–Crippen MR) is 164 cm³/mol. The van der Waals surface area contributed by atoms with Gasteiger partial charge in [-0.25, -0.2) is 0 Å². The van der Waals surface area contributed by atoms with E-state index in [1.165, 1.54) is 9.47 Å². The molecule has 14 heteroatoms. The molecule has 0 fully saturated rings. The van der Waals surface area contributed by atoms with Gasteiger partial charge in [-0.15, -0.1) is 5.10 Å². The molecule has 0 bridgehead atoms.